The Morgan fingerprint density at radius 3 is 2.65 bits per heavy atom. The topological polar surface area (TPSA) is 74.7 Å². The van der Waals surface area contributed by atoms with E-state index in [2.05, 4.69) is 15.9 Å². The van der Waals surface area contributed by atoms with Crippen LogP contribution in [0.15, 0.2) is 16.6 Å². The number of hydrogen-bond donors (Lipinski definition) is 1. The van der Waals surface area contributed by atoms with E-state index in [1.54, 1.807) is 13.0 Å². The van der Waals surface area contributed by atoms with Gasteiger partial charge in [0.15, 0.2) is 0 Å². The van der Waals surface area contributed by atoms with Crippen molar-refractivity contribution in [2.45, 2.75) is 6.92 Å². The number of carboxylic acid groups (broad SMARTS) is 1. The fraction of sp³-hybridized carbons (Fsp3) is 0.182. The number of hydrogen-bond acceptors (Lipinski definition) is 3. The molecule has 0 fully saturated rings. The molecule has 0 aromatic heterocycles. The Morgan fingerprint density at radius 1 is 1.41 bits per heavy atom. The average Bonchev–Trinajstić information content (AvgIpc) is 2.43. The summed E-state index contributed by atoms with van der Waals surface area (Å²) >= 11 is 3.24. The van der Waals surface area contributed by atoms with E-state index >= 15 is 0 Å². The van der Waals surface area contributed by atoms with Gasteiger partial charge in [-0.25, -0.2) is 0 Å². The van der Waals surface area contributed by atoms with Crippen LogP contribution in [0.2, 0.25) is 0 Å². The van der Waals surface area contributed by atoms with Crippen LogP contribution in [0.5, 0.6) is 0 Å². The van der Waals surface area contributed by atoms with Gasteiger partial charge < -0.3 is 5.11 Å². The van der Waals surface area contributed by atoms with Gasteiger partial charge in [-0.1, -0.05) is 15.9 Å². The van der Waals surface area contributed by atoms with Gasteiger partial charge in [0, 0.05) is 4.47 Å². The minimum absolute atomic E-state index is 0.253. The Bertz CT molecular complexity index is 553. The number of amides is 1. The van der Waals surface area contributed by atoms with Crippen LogP contribution in [0.25, 0.3) is 0 Å². The van der Waals surface area contributed by atoms with Gasteiger partial charge in [-0.3, -0.25) is 19.3 Å². The Labute approximate surface area is 105 Å². The predicted octanol–water partition coefficient (Wildman–Crippen LogP) is 1.37. The third kappa shape index (κ3) is 1.84. The number of carboxylic acids is 1. The van der Waals surface area contributed by atoms with Gasteiger partial charge in [0.1, 0.15) is 6.54 Å². The lowest BCUT2D eigenvalue weighted by molar-refractivity contribution is -0.136. The standard InChI is InChI=1S/C11H8BrNO4/c1-5-2-6(12)3-7-9(5)13(4-8(14)15)11(17)10(7)16/h2-3H,4H2,1H3,(H,14,15). The lowest BCUT2D eigenvalue weighted by Gasteiger charge is -2.15. The fourth-order valence-electron chi connectivity index (χ4n) is 1.89. The summed E-state index contributed by atoms with van der Waals surface area (Å²) in [6.07, 6.45) is 0. The molecule has 0 atom stereocenters. The molecule has 5 nitrogen and oxygen atoms in total. The highest BCUT2D eigenvalue weighted by atomic mass is 79.9. The van der Waals surface area contributed by atoms with E-state index in [4.69, 9.17) is 5.11 Å². The summed E-state index contributed by atoms with van der Waals surface area (Å²) in [6, 6.07) is 3.27. The number of nitrogens with zero attached hydrogens (tertiary/aromatic N) is 1. The van der Waals surface area contributed by atoms with Crippen molar-refractivity contribution in [1.29, 1.82) is 0 Å². The number of benzene rings is 1. The second kappa shape index (κ2) is 3.96. The zero-order valence-electron chi connectivity index (χ0n) is 8.86. The van der Waals surface area contributed by atoms with Crippen LogP contribution in [0, 0.1) is 6.92 Å². The van der Waals surface area contributed by atoms with Gasteiger partial charge >= 0.3 is 5.97 Å². The normalized spacial score (nSPS) is 14.1. The van der Waals surface area contributed by atoms with Gasteiger partial charge in [-0.2, -0.15) is 0 Å². The number of aryl methyl sites for hydroxylation is 1. The van der Waals surface area contributed by atoms with E-state index in [-0.39, 0.29) is 5.56 Å². The molecule has 6 heteroatoms. The molecule has 88 valence electrons. The maximum absolute atomic E-state index is 11.7. The lowest BCUT2D eigenvalue weighted by atomic mass is 10.1. The molecule has 0 spiro atoms. The maximum atomic E-state index is 11.7. The van der Waals surface area contributed by atoms with Crippen LogP contribution in [-0.4, -0.2) is 29.3 Å². The number of Topliss-reactive ketones (excluding diaryl/α,β-unsaturated/α-hetero) is 1. The van der Waals surface area contributed by atoms with Crippen molar-refractivity contribution in [2.24, 2.45) is 0 Å². The number of rotatable bonds is 2. The Kier molecular flexibility index (Phi) is 2.74. The smallest absolute Gasteiger partial charge is 0.323 e. The predicted molar refractivity (Wildman–Crippen MR) is 63.2 cm³/mol. The summed E-state index contributed by atoms with van der Waals surface area (Å²) in [5.41, 5.74) is 1.34. The number of ketones is 1. The first-order valence-corrected chi connectivity index (χ1v) is 5.59. The van der Waals surface area contributed by atoms with Crippen LogP contribution in [0.4, 0.5) is 5.69 Å². The molecule has 1 aliphatic rings. The largest absolute Gasteiger partial charge is 0.480 e. The molecule has 0 aliphatic carbocycles. The van der Waals surface area contributed by atoms with Crippen molar-refractivity contribution in [3.63, 3.8) is 0 Å². The first kappa shape index (κ1) is 11.8. The van der Waals surface area contributed by atoms with Crippen LogP contribution in [0.3, 0.4) is 0 Å². The van der Waals surface area contributed by atoms with Gasteiger partial charge in [0.2, 0.25) is 0 Å². The van der Waals surface area contributed by atoms with Crippen LogP contribution in [0.1, 0.15) is 15.9 Å². The highest BCUT2D eigenvalue weighted by Crippen LogP contribution is 2.34. The first-order chi connectivity index (χ1) is 7.91. The van der Waals surface area contributed by atoms with E-state index in [1.807, 2.05) is 0 Å². The molecule has 0 saturated carbocycles. The molecule has 0 bridgehead atoms. The zero-order valence-corrected chi connectivity index (χ0v) is 10.4. The van der Waals surface area contributed by atoms with Gasteiger partial charge in [0.25, 0.3) is 11.7 Å². The van der Waals surface area contributed by atoms with Crippen molar-refractivity contribution >= 4 is 39.3 Å². The molecule has 1 aliphatic heterocycles. The average molecular weight is 298 g/mol. The third-order valence-corrected chi connectivity index (χ3v) is 2.97. The molecule has 17 heavy (non-hydrogen) atoms. The van der Waals surface area contributed by atoms with Crippen LogP contribution < -0.4 is 4.90 Å². The molecule has 0 radical (unpaired) electrons. The minimum atomic E-state index is -1.15. The molecule has 0 saturated heterocycles. The monoisotopic (exact) mass is 297 g/mol. The number of carbonyl (C=O) groups excluding carboxylic acids is 2. The zero-order chi connectivity index (χ0) is 12.7. The van der Waals surface area contributed by atoms with E-state index in [9.17, 15) is 14.4 Å². The lowest BCUT2D eigenvalue weighted by Crippen LogP contribution is -2.34. The summed E-state index contributed by atoms with van der Waals surface area (Å²) in [5, 5.41) is 8.73. The third-order valence-electron chi connectivity index (χ3n) is 2.51. The summed E-state index contributed by atoms with van der Waals surface area (Å²) in [4.78, 5) is 35.0. The van der Waals surface area contributed by atoms with Gasteiger partial charge in [-0.05, 0) is 24.6 Å². The molecule has 1 amide bonds. The van der Waals surface area contributed by atoms with E-state index in [1.165, 1.54) is 6.07 Å². The van der Waals surface area contributed by atoms with Crippen molar-refractivity contribution < 1.29 is 19.5 Å². The molecular weight excluding hydrogens is 290 g/mol. The first-order valence-electron chi connectivity index (χ1n) is 4.80. The fourth-order valence-corrected chi connectivity index (χ4v) is 2.46. The summed E-state index contributed by atoms with van der Waals surface area (Å²) in [5.74, 6) is -2.60. The summed E-state index contributed by atoms with van der Waals surface area (Å²) in [6.45, 7) is 1.23. The summed E-state index contributed by atoms with van der Waals surface area (Å²) < 4.78 is 0.687. The number of fused-ring (bicyclic) bond motifs is 1. The molecule has 1 N–H and O–H groups in total. The quantitative estimate of drug-likeness (QED) is 0.837. The van der Waals surface area contributed by atoms with E-state index in [0.717, 1.165) is 4.90 Å². The van der Waals surface area contributed by atoms with Gasteiger partial charge in [-0.15, -0.1) is 0 Å². The molecule has 1 heterocycles. The molecule has 0 unspecified atom stereocenters. The SMILES string of the molecule is Cc1cc(Br)cc2c1N(CC(=O)O)C(=O)C2=O. The Balaban J connectivity index is 2.60. The highest BCUT2D eigenvalue weighted by molar-refractivity contribution is 9.10. The van der Waals surface area contributed by atoms with Crippen molar-refractivity contribution in [3.05, 3.63) is 27.7 Å². The number of carbonyl (C=O) groups is 3. The van der Waals surface area contributed by atoms with Crippen molar-refractivity contribution in [2.75, 3.05) is 11.4 Å². The number of anilines is 1. The number of aliphatic carboxylic acids is 1. The molecule has 1 aromatic rings. The van der Waals surface area contributed by atoms with Gasteiger partial charge in [0.05, 0.1) is 11.3 Å². The van der Waals surface area contributed by atoms with E-state index < -0.39 is 24.2 Å². The molecule has 1 aromatic carbocycles. The van der Waals surface area contributed by atoms with Crippen molar-refractivity contribution in [1.82, 2.24) is 0 Å². The molecular formula is C11H8BrNO4. The van der Waals surface area contributed by atoms with E-state index in [0.29, 0.717) is 15.7 Å². The maximum Gasteiger partial charge on any atom is 0.323 e. The second-order valence-corrected chi connectivity index (χ2v) is 4.65. The second-order valence-electron chi connectivity index (χ2n) is 3.73. The Morgan fingerprint density at radius 2 is 2.06 bits per heavy atom. The number of halogens is 1. The highest BCUT2D eigenvalue weighted by Gasteiger charge is 2.38. The van der Waals surface area contributed by atoms with Crippen LogP contribution in [-0.2, 0) is 9.59 Å². The van der Waals surface area contributed by atoms with Crippen molar-refractivity contribution in [3.8, 4) is 0 Å². The van der Waals surface area contributed by atoms with Crippen LogP contribution >= 0.6 is 15.9 Å². The Hall–Kier alpha value is -1.69. The minimum Gasteiger partial charge on any atom is -0.480 e. The summed E-state index contributed by atoms with van der Waals surface area (Å²) in [7, 11) is 0. The molecule has 2 rings (SSSR count).